The van der Waals surface area contributed by atoms with Gasteiger partial charge in [-0.25, -0.2) is 0 Å². The second kappa shape index (κ2) is 7.58. The number of likely N-dealkylation sites (N-methyl/N-ethyl adjacent to an activating group) is 1. The van der Waals surface area contributed by atoms with Crippen LogP contribution < -0.4 is 5.32 Å². The SMILES string of the molecule is CCN(CC)C(=O)C(C)NC(=O)C(S)C(C)C. The first-order valence-corrected chi connectivity index (χ1v) is 6.63. The van der Waals surface area contributed by atoms with E-state index in [4.69, 9.17) is 0 Å². The van der Waals surface area contributed by atoms with Crippen LogP contribution in [0.3, 0.4) is 0 Å². The van der Waals surface area contributed by atoms with Crippen molar-refractivity contribution in [2.24, 2.45) is 5.92 Å². The second-order valence-corrected chi connectivity index (χ2v) is 4.99. The van der Waals surface area contributed by atoms with Crippen molar-refractivity contribution in [3.8, 4) is 0 Å². The smallest absolute Gasteiger partial charge is 0.244 e. The van der Waals surface area contributed by atoms with Gasteiger partial charge in [0.05, 0.1) is 5.25 Å². The van der Waals surface area contributed by atoms with Gasteiger partial charge in [0.2, 0.25) is 11.8 Å². The highest BCUT2D eigenvalue weighted by Gasteiger charge is 2.24. The molecule has 0 spiro atoms. The average Bonchev–Trinajstić information content (AvgIpc) is 2.28. The quantitative estimate of drug-likeness (QED) is 0.708. The van der Waals surface area contributed by atoms with Gasteiger partial charge in [-0.3, -0.25) is 9.59 Å². The molecule has 0 radical (unpaired) electrons. The Balaban J connectivity index is 4.39. The Labute approximate surface area is 110 Å². The molecule has 0 aromatic carbocycles. The van der Waals surface area contributed by atoms with Crippen molar-refractivity contribution in [1.82, 2.24) is 10.2 Å². The highest BCUT2D eigenvalue weighted by molar-refractivity contribution is 7.81. The van der Waals surface area contributed by atoms with Crippen LogP contribution in [0.1, 0.15) is 34.6 Å². The summed E-state index contributed by atoms with van der Waals surface area (Å²) in [4.78, 5) is 25.4. The third-order valence-corrected chi connectivity index (χ3v) is 3.54. The van der Waals surface area contributed by atoms with Crippen molar-refractivity contribution >= 4 is 24.4 Å². The highest BCUT2D eigenvalue weighted by atomic mass is 32.1. The number of hydrogen-bond donors (Lipinski definition) is 2. The second-order valence-electron chi connectivity index (χ2n) is 4.43. The van der Waals surface area contributed by atoms with Crippen LogP contribution >= 0.6 is 12.6 Å². The van der Waals surface area contributed by atoms with Crippen LogP contribution in [-0.2, 0) is 9.59 Å². The Morgan fingerprint density at radius 3 is 2.00 bits per heavy atom. The van der Waals surface area contributed by atoms with Crippen LogP contribution in [0.2, 0.25) is 0 Å². The number of carbonyl (C=O) groups is 2. The van der Waals surface area contributed by atoms with Crippen LogP contribution in [0.15, 0.2) is 0 Å². The standard InChI is InChI=1S/C12H24N2O2S/c1-6-14(7-2)12(16)9(5)13-11(15)10(17)8(3)4/h8-10,17H,6-7H2,1-5H3,(H,13,15). The summed E-state index contributed by atoms with van der Waals surface area (Å²) in [5, 5.41) is 2.33. The summed E-state index contributed by atoms with van der Waals surface area (Å²) < 4.78 is 0. The first-order chi connectivity index (χ1) is 7.84. The van der Waals surface area contributed by atoms with E-state index in [1.54, 1.807) is 11.8 Å². The number of hydrogen-bond acceptors (Lipinski definition) is 3. The maximum atomic E-state index is 11.9. The summed E-state index contributed by atoms with van der Waals surface area (Å²) >= 11 is 4.22. The molecule has 0 saturated heterocycles. The molecule has 0 aromatic rings. The lowest BCUT2D eigenvalue weighted by Crippen LogP contribution is -2.49. The molecular weight excluding hydrogens is 236 g/mol. The largest absolute Gasteiger partial charge is 0.344 e. The van der Waals surface area contributed by atoms with Gasteiger partial charge in [-0.1, -0.05) is 13.8 Å². The molecule has 0 saturated carbocycles. The first kappa shape index (κ1) is 16.3. The number of rotatable bonds is 6. The fraction of sp³-hybridized carbons (Fsp3) is 0.833. The number of nitrogens with one attached hydrogen (secondary N) is 1. The van der Waals surface area contributed by atoms with Gasteiger partial charge in [-0.2, -0.15) is 12.6 Å². The van der Waals surface area contributed by atoms with Crippen molar-refractivity contribution in [2.45, 2.75) is 45.9 Å². The Hall–Kier alpha value is -0.710. The highest BCUT2D eigenvalue weighted by Crippen LogP contribution is 2.09. The van der Waals surface area contributed by atoms with Crippen LogP contribution in [0.25, 0.3) is 0 Å². The van der Waals surface area contributed by atoms with Gasteiger partial charge < -0.3 is 10.2 Å². The zero-order valence-corrected chi connectivity index (χ0v) is 12.3. The normalized spacial score (nSPS) is 14.3. The molecule has 2 unspecified atom stereocenters. The molecule has 17 heavy (non-hydrogen) atoms. The average molecular weight is 260 g/mol. The molecule has 5 heteroatoms. The summed E-state index contributed by atoms with van der Waals surface area (Å²) in [6.45, 7) is 10.7. The lowest BCUT2D eigenvalue weighted by molar-refractivity contribution is -0.135. The molecule has 4 nitrogen and oxygen atoms in total. The molecule has 0 aliphatic rings. The van der Waals surface area contributed by atoms with Gasteiger partial charge in [0.1, 0.15) is 6.04 Å². The van der Waals surface area contributed by atoms with Crippen molar-refractivity contribution in [3.63, 3.8) is 0 Å². The van der Waals surface area contributed by atoms with Crippen LogP contribution in [-0.4, -0.2) is 41.1 Å². The van der Waals surface area contributed by atoms with Crippen molar-refractivity contribution in [3.05, 3.63) is 0 Å². The van der Waals surface area contributed by atoms with Gasteiger partial charge in [0.25, 0.3) is 0 Å². The van der Waals surface area contributed by atoms with E-state index in [0.29, 0.717) is 13.1 Å². The van der Waals surface area contributed by atoms with Gasteiger partial charge in [0.15, 0.2) is 0 Å². The van der Waals surface area contributed by atoms with E-state index in [1.807, 2.05) is 27.7 Å². The molecule has 0 heterocycles. The van der Waals surface area contributed by atoms with Crippen molar-refractivity contribution in [2.75, 3.05) is 13.1 Å². The maximum Gasteiger partial charge on any atom is 0.244 e. The Morgan fingerprint density at radius 2 is 1.65 bits per heavy atom. The fourth-order valence-corrected chi connectivity index (χ4v) is 1.55. The molecule has 0 aliphatic carbocycles. The Bertz CT molecular complexity index is 265. The molecule has 0 bridgehead atoms. The molecule has 0 fully saturated rings. The van der Waals surface area contributed by atoms with E-state index in [0.717, 1.165) is 0 Å². The first-order valence-electron chi connectivity index (χ1n) is 6.12. The maximum absolute atomic E-state index is 11.9. The summed E-state index contributed by atoms with van der Waals surface area (Å²) in [6, 6.07) is -0.490. The van der Waals surface area contributed by atoms with Crippen molar-refractivity contribution < 1.29 is 9.59 Å². The van der Waals surface area contributed by atoms with E-state index in [9.17, 15) is 9.59 Å². The molecule has 0 aliphatic heterocycles. The number of carbonyl (C=O) groups excluding carboxylic acids is 2. The van der Waals surface area contributed by atoms with E-state index in [1.165, 1.54) is 0 Å². The lowest BCUT2D eigenvalue weighted by atomic mass is 10.1. The number of nitrogens with zero attached hydrogens (tertiary/aromatic N) is 1. The monoisotopic (exact) mass is 260 g/mol. The molecule has 100 valence electrons. The van der Waals surface area contributed by atoms with Gasteiger partial charge in [-0.05, 0) is 26.7 Å². The zero-order valence-electron chi connectivity index (χ0n) is 11.4. The number of thiol groups is 1. The zero-order chi connectivity index (χ0) is 13.6. The molecule has 0 rings (SSSR count). The molecule has 1 N–H and O–H groups in total. The third-order valence-electron chi connectivity index (χ3n) is 2.70. The minimum atomic E-state index is -0.490. The minimum Gasteiger partial charge on any atom is -0.344 e. The molecule has 2 amide bonds. The van der Waals surface area contributed by atoms with Gasteiger partial charge >= 0.3 is 0 Å². The third kappa shape index (κ3) is 4.98. The molecular formula is C12H24N2O2S. The fourth-order valence-electron chi connectivity index (χ4n) is 1.47. The Morgan fingerprint density at radius 1 is 1.18 bits per heavy atom. The van der Waals surface area contributed by atoms with Crippen LogP contribution in [0.4, 0.5) is 0 Å². The van der Waals surface area contributed by atoms with Gasteiger partial charge in [-0.15, -0.1) is 0 Å². The van der Waals surface area contributed by atoms with E-state index in [-0.39, 0.29) is 23.0 Å². The molecule has 0 aromatic heterocycles. The minimum absolute atomic E-state index is 0.0485. The van der Waals surface area contributed by atoms with Crippen LogP contribution in [0.5, 0.6) is 0 Å². The van der Waals surface area contributed by atoms with Gasteiger partial charge in [0, 0.05) is 13.1 Å². The summed E-state index contributed by atoms with van der Waals surface area (Å²) in [5.74, 6) is -0.0851. The number of amides is 2. The predicted molar refractivity (Wildman–Crippen MR) is 73.1 cm³/mol. The van der Waals surface area contributed by atoms with Crippen molar-refractivity contribution in [1.29, 1.82) is 0 Å². The summed E-state index contributed by atoms with van der Waals surface area (Å²) in [5.41, 5.74) is 0. The molecule has 2 atom stereocenters. The lowest BCUT2D eigenvalue weighted by Gasteiger charge is -2.24. The van der Waals surface area contributed by atoms with E-state index < -0.39 is 6.04 Å². The summed E-state index contributed by atoms with van der Waals surface area (Å²) in [6.07, 6.45) is 0. The van der Waals surface area contributed by atoms with Crippen LogP contribution in [0, 0.1) is 5.92 Å². The Kier molecular flexibility index (Phi) is 7.27. The summed E-state index contributed by atoms with van der Waals surface area (Å²) in [7, 11) is 0. The topological polar surface area (TPSA) is 49.4 Å². The van der Waals surface area contributed by atoms with E-state index in [2.05, 4.69) is 17.9 Å². The van der Waals surface area contributed by atoms with E-state index >= 15 is 0 Å². The predicted octanol–water partition coefficient (Wildman–Crippen LogP) is 1.31.